The van der Waals surface area contributed by atoms with Crippen LogP contribution in [0.4, 0.5) is 5.69 Å². The summed E-state index contributed by atoms with van der Waals surface area (Å²) in [7, 11) is -2.19. The molecule has 8 nitrogen and oxygen atoms in total. The lowest BCUT2D eigenvalue weighted by Crippen LogP contribution is -2.18. The van der Waals surface area contributed by atoms with Gasteiger partial charge >= 0.3 is 0 Å². The van der Waals surface area contributed by atoms with E-state index in [1.165, 1.54) is 37.5 Å². The minimum absolute atomic E-state index is 0.108. The number of hydrogen-bond acceptors (Lipinski definition) is 5. The molecule has 26 heavy (non-hydrogen) atoms. The number of halogens is 1. The van der Waals surface area contributed by atoms with E-state index in [0.717, 1.165) is 0 Å². The molecule has 2 heterocycles. The van der Waals surface area contributed by atoms with Gasteiger partial charge in [-0.15, -0.1) is 0 Å². The van der Waals surface area contributed by atoms with Crippen LogP contribution in [-0.4, -0.2) is 31.2 Å². The fourth-order valence-electron chi connectivity index (χ4n) is 2.20. The molecule has 3 rings (SSSR count). The summed E-state index contributed by atoms with van der Waals surface area (Å²) in [6, 6.07) is 9.02. The van der Waals surface area contributed by atoms with Crippen molar-refractivity contribution in [3.63, 3.8) is 0 Å². The molecule has 10 heteroatoms. The number of rotatable bonds is 6. The summed E-state index contributed by atoms with van der Waals surface area (Å²) in [4.78, 5) is 12.4. The van der Waals surface area contributed by atoms with Crippen molar-refractivity contribution in [2.24, 2.45) is 0 Å². The second-order valence-corrected chi connectivity index (χ2v) is 7.63. The smallest absolute Gasteiger partial charge is 0.291 e. The van der Waals surface area contributed by atoms with E-state index in [0.29, 0.717) is 23.0 Å². The first-order valence-corrected chi connectivity index (χ1v) is 9.35. The van der Waals surface area contributed by atoms with Gasteiger partial charge in [-0.05, 0) is 43.4 Å². The maximum absolute atomic E-state index is 12.2. The summed E-state index contributed by atoms with van der Waals surface area (Å²) < 4.78 is 32.7. The number of hydrogen-bond donors (Lipinski definition) is 2. The zero-order valence-electron chi connectivity index (χ0n) is 13.6. The normalized spacial score (nSPS) is 11.5. The van der Waals surface area contributed by atoms with Crippen LogP contribution in [0.15, 0.2) is 58.1 Å². The van der Waals surface area contributed by atoms with Gasteiger partial charge in [-0.1, -0.05) is 11.6 Å². The predicted octanol–water partition coefficient (Wildman–Crippen LogP) is 2.34. The molecule has 2 aromatic heterocycles. The molecule has 0 aliphatic heterocycles. The topological polar surface area (TPSA) is 106 Å². The van der Waals surface area contributed by atoms with E-state index in [2.05, 4.69) is 15.1 Å². The Labute approximate surface area is 154 Å². The number of furan rings is 1. The number of sulfonamides is 1. The Kier molecular flexibility index (Phi) is 5.12. The van der Waals surface area contributed by atoms with Crippen molar-refractivity contribution in [1.82, 2.24) is 14.5 Å². The summed E-state index contributed by atoms with van der Waals surface area (Å²) in [6.45, 7) is 0.344. The average molecular weight is 395 g/mol. The van der Waals surface area contributed by atoms with Gasteiger partial charge in [-0.3, -0.25) is 9.48 Å². The Bertz CT molecular complexity index is 1020. The maximum atomic E-state index is 12.2. The second-order valence-electron chi connectivity index (χ2n) is 5.31. The quantitative estimate of drug-likeness (QED) is 0.667. The monoisotopic (exact) mass is 394 g/mol. The van der Waals surface area contributed by atoms with Crippen LogP contribution in [0.2, 0.25) is 5.02 Å². The number of nitrogens with zero attached hydrogens (tertiary/aromatic N) is 2. The van der Waals surface area contributed by atoms with Gasteiger partial charge in [0.25, 0.3) is 5.91 Å². The summed E-state index contributed by atoms with van der Waals surface area (Å²) in [6.07, 6.45) is 3.15. The number of benzene rings is 1. The van der Waals surface area contributed by atoms with E-state index in [9.17, 15) is 13.2 Å². The van der Waals surface area contributed by atoms with Gasteiger partial charge in [0, 0.05) is 11.9 Å². The first kappa shape index (κ1) is 18.2. The number of nitrogens with one attached hydrogen (secondary N) is 2. The molecular formula is C16H15ClN4O4S. The van der Waals surface area contributed by atoms with E-state index in [1.807, 2.05) is 0 Å². The van der Waals surface area contributed by atoms with E-state index < -0.39 is 15.9 Å². The first-order valence-electron chi connectivity index (χ1n) is 7.49. The highest BCUT2D eigenvalue weighted by Gasteiger charge is 2.14. The molecule has 0 radical (unpaired) electrons. The van der Waals surface area contributed by atoms with Gasteiger partial charge in [0.2, 0.25) is 10.0 Å². The van der Waals surface area contributed by atoms with Crippen LogP contribution in [0.1, 0.15) is 16.3 Å². The third kappa shape index (κ3) is 4.13. The molecule has 0 unspecified atom stereocenters. The molecule has 0 spiro atoms. The Morgan fingerprint density at radius 3 is 2.58 bits per heavy atom. The lowest BCUT2D eigenvalue weighted by Gasteiger charge is -2.06. The largest absolute Gasteiger partial charge is 0.454 e. The third-order valence-corrected chi connectivity index (χ3v) is 5.12. The van der Waals surface area contributed by atoms with Gasteiger partial charge in [0.1, 0.15) is 5.76 Å². The lowest BCUT2D eigenvalue weighted by atomic mass is 10.3. The summed E-state index contributed by atoms with van der Waals surface area (Å²) in [5.41, 5.74) is 0.446. The number of aromatic nitrogens is 2. The van der Waals surface area contributed by atoms with Crippen molar-refractivity contribution in [3.8, 4) is 0 Å². The van der Waals surface area contributed by atoms with Crippen molar-refractivity contribution in [2.75, 3.05) is 12.4 Å². The Hall–Kier alpha value is -2.62. The Balaban J connectivity index is 1.67. The van der Waals surface area contributed by atoms with Crippen LogP contribution < -0.4 is 10.0 Å². The number of anilines is 1. The van der Waals surface area contributed by atoms with Crippen molar-refractivity contribution in [3.05, 3.63) is 65.3 Å². The first-order chi connectivity index (χ1) is 12.4. The van der Waals surface area contributed by atoms with Crippen molar-refractivity contribution < 1.29 is 17.6 Å². The van der Waals surface area contributed by atoms with Gasteiger partial charge in [0.15, 0.2) is 5.76 Å². The molecule has 0 aliphatic carbocycles. The molecule has 2 N–H and O–H groups in total. The van der Waals surface area contributed by atoms with E-state index in [-0.39, 0.29) is 10.7 Å². The van der Waals surface area contributed by atoms with Crippen LogP contribution in [-0.2, 0) is 16.6 Å². The molecule has 3 aromatic rings. The summed E-state index contributed by atoms with van der Waals surface area (Å²) >= 11 is 5.80. The van der Waals surface area contributed by atoms with E-state index in [1.54, 1.807) is 23.0 Å². The maximum Gasteiger partial charge on any atom is 0.291 e. The highest BCUT2D eigenvalue weighted by atomic mass is 35.5. The van der Waals surface area contributed by atoms with Crippen LogP contribution in [0.3, 0.4) is 0 Å². The van der Waals surface area contributed by atoms with Gasteiger partial charge < -0.3 is 9.73 Å². The predicted molar refractivity (Wildman–Crippen MR) is 95.7 cm³/mol. The minimum Gasteiger partial charge on any atom is -0.454 e. The van der Waals surface area contributed by atoms with E-state index >= 15 is 0 Å². The lowest BCUT2D eigenvalue weighted by molar-refractivity contribution is 0.0994. The van der Waals surface area contributed by atoms with Crippen molar-refractivity contribution in [2.45, 2.75) is 11.4 Å². The van der Waals surface area contributed by atoms with Crippen LogP contribution in [0.5, 0.6) is 0 Å². The molecule has 0 aliphatic rings. The molecule has 0 saturated carbocycles. The molecule has 0 atom stereocenters. The van der Waals surface area contributed by atoms with Crippen molar-refractivity contribution in [1.29, 1.82) is 0 Å². The molecule has 1 aromatic carbocycles. The van der Waals surface area contributed by atoms with Gasteiger partial charge in [0.05, 0.1) is 22.7 Å². The molecule has 136 valence electrons. The van der Waals surface area contributed by atoms with E-state index in [4.69, 9.17) is 16.0 Å². The fourth-order valence-corrected chi connectivity index (χ4v) is 3.08. The molecule has 1 amide bonds. The third-order valence-electron chi connectivity index (χ3n) is 3.50. The summed E-state index contributed by atoms with van der Waals surface area (Å²) in [5.74, 6) is 0.231. The Morgan fingerprint density at radius 1 is 1.23 bits per heavy atom. The van der Waals surface area contributed by atoms with Gasteiger partial charge in [-0.25, -0.2) is 13.1 Å². The van der Waals surface area contributed by atoms with Crippen LogP contribution in [0.25, 0.3) is 0 Å². The minimum atomic E-state index is -3.52. The summed E-state index contributed by atoms with van der Waals surface area (Å²) in [5, 5.41) is 7.19. The molecule has 0 bridgehead atoms. The standard InChI is InChI=1S/C16H15ClN4O4S/c1-18-26(23,24)14-5-2-12(3-6-14)20-16(22)15-7-4-13(25-15)10-21-9-11(17)8-19-21/h2-9,18H,10H2,1H3,(H,20,22). The zero-order chi connectivity index (χ0) is 18.7. The highest BCUT2D eigenvalue weighted by Crippen LogP contribution is 2.16. The second kappa shape index (κ2) is 7.32. The number of carbonyl (C=O) groups is 1. The van der Waals surface area contributed by atoms with Crippen LogP contribution in [0, 0.1) is 0 Å². The molecular weight excluding hydrogens is 380 g/mol. The number of carbonyl (C=O) groups excluding carboxylic acids is 1. The SMILES string of the molecule is CNS(=O)(=O)c1ccc(NC(=O)c2ccc(Cn3cc(Cl)cn3)o2)cc1. The van der Waals surface area contributed by atoms with Gasteiger partial charge in [-0.2, -0.15) is 5.10 Å². The number of amides is 1. The van der Waals surface area contributed by atoms with Crippen molar-refractivity contribution >= 4 is 33.2 Å². The zero-order valence-corrected chi connectivity index (χ0v) is 15.2. The molecule has 0 fully saturated rings. The Morgan fingerprint density at radius 2 is 1.96 bits per heavy atom. The molecule has 0 saturated heterocycles. The average Bonchev–Trinajstić information content (AvgIpc) is 3.25. The fraction of sp³-hybridized carbons (Fsp3) is 0.125. The highest BCUT2D eigenvalue weighted by molar-refractivity contribution is 7.89. The van der Waals surface area contributed by atoms with Crippen LogP contribution >= 0.6 is 11.6 Å².